The third-order valence-electron chi connectivity index (χ3n) is 8.53. The molecule has 1 aliphatic heterocycles. The first-order chi connectivity index (χ1) is 15.6. The number of fused-ring (bicyclic) bond motifs is 3. The van der Waals surface area contributed by atoms with Gasteiger partial charge in [0.1, 0.15) is 5.92 Å². The van der Waals surface area contributed by atoms with Crippen LogP contribution in [-0.4, -0.2) is 53.2 Å². The van der Waals surface area contributed by atoms with Gasteiger partial charge in [-0.05, 0) is 83.1 Å². The van der Waals surface area contributed by atoms with Gasteiger partial charge in [-0.3, -0.25) is 4.79 Å². The predicted molar refractivity (Wildman–Crippen MR) is 123 cm³/mol. The highest BCUT2D eigenvalue weighted by Crippen LogP contribution is 2.59. The van der Waals surface area contributed by atoms with Crippen LogP contribution in [0.1, 0.15) is 59.3 Å². The standard InChI is InChI=1S/C24H41N3O4Si/c1-4-29-32(30-5-2,31-6-3)14-8-13-26-20-12-11-17-21-16(20)9-7-10-18(21)23-22(17)19(15-25)24(28)27-23/h16-23,26H,4-14H2,1-3H3,(H,27,28). The van der Waals surface area contributed by atoms with Crippen LogP contribution in [0.2, 0.25) is 6.04 Å². The normalized spacial score (nSPS) is 38.1. The number of hydrogen-bond donors (Lipinski definition) is 2. The second-order valence-corrected chi connectivity index (χ2v) is 12.7. The van der Waals surface area contributed by atoms with E-state index < -0.39 is 14.7 Å². The lowest BCUT2D eigenvalue weighted by Crippen LogP contribution is -2.50. The van der Waals surface area contributed by atoms with E-state index in [-0.39, 0.29) is 17.9 Å². The van der Waals surface area contributed by atoms with Gasteiger partial charge in [-0.25, -0.2) is 0 Å². The fraction of sp³-hybridized carbons (Fsp3) is 0.917. The van der Waals surface area contributed by atoms with Crippen molar-refractivity contribution >= 4 is 14.7 Å². The largest absolute Gasteiger partial charge is 0.500 e. The van der Waals surface area contributed by atoms with Crippen LogP contribution in [0.25, 0.3) is 0 Å². The fourth-order valence-corrected chi connectivity index (χ4v) is 10.3. The zero-order chi connectivity index (χ0) is 22.7. The van der Waals surface area contributed by atoms with Gasteiger partial charge in [0.2, 0.25) is 5.91 Å². The van der Waals surface area contributed by atoms with Gasteiger partial charge in [0, 0.05) is 43.9 Å². The molecule has 0 aromatic heterocycles. The molecule has 4 fully saturated rings. The SMILES string of the molecule is CCO[Si](CCCNC1CCC2C3C1CCCC3C1NC(=O)C(C#N)C21)(OCC)OCC. The van der Waals surface area contributed by atoms with Crippen LogP contribution >= 0.6 is 0 Å². The molecule has 1 heterocycles. The lowest BCUT2D eigenvalue weighted by atomic mass is 9.61. The van der Waals surface area contributed by atoms with Crippen molar-refractivity contribution in [1.82, 2.24) is 10.6 Å². The number of amides is 1. The molecule has 8 atom stereocenters. The molecule has 0 spiro atoms. The Balaban J connectivity index is 1.35. The molecule has 8 heteroatoms. The van der Waals surface area contributed by atoms with Crippen molar-refractivity contribution in [2.75, 3.05) is 26.4 Å². The molecule has 3 saturated carbocycles. The van der Waals surface area contributed by atoms with Crippen molar-refractivity contribution in [3.05, 3.63) is 0 Å². The van der Waals surface area contributed by atoms with Crippen molar-refractivity contribution in [3.8, 4) is 6.07 Å². The molecular weight excluding hydrogens is 422 g/mol. The summed E-state index contributed by atoms with van der Waals surface area (Å²) >= 11 is 0. The molecule has 2 N–H and O–H groups in total. The summed E-state index contributed by atoms with van der Waals surface area (Å²) in [5.41, 5.74) is 0. The maximum Gasteiger partial charge on any atom is 0.500 e. The number of nitriles is 1. The molecule has 3 aliphatic carbocycles. The molecule has 0 aromatic rings. The molecule has 1 saturated heterocycles. The van der Waals surface area contributed by atoms with Crippen molar-refractivity contribution in [3.63, 3.8) is 0 Å². The molecule has 4 rings (SSSR count). The van der Waals surface area contributed by atoms with E-state index in [0.29, 0.717) is 49.5 Å². The molecule has 32 heavy (non-hydrogen) atoms. The number of nitrogens with one attached hydrogen (secondary N) is 2. The van der Waals surface area contributed by atoms with Crippen LogP contribution in [0.4, 0.5) is 0 Å². The summed E-state index contributed by atoms with van der Waals surface area (Å²) in [4.78, 5) is 12.3. The summed E-state index contributed by atoms with van der Waals surface area (Å²) in [5, 5.41) is 16.8. The Hall–Kier alpha value is -0.983. The van der Waals surface area contributed by atoms with E-state index in [2.05, 4.69) is 16.7 Å². The average molecular weight is 464 g/mol. The Morgan fingerprint density at radius 3 is 2.34 bits per heavy atom. The van der Waals surface area contributed by atoms with Gasteiger partial charge in [-0.15, -0.1) is 0 Å². The Morgan fingerprint density at radius 1 is 1.00 bits per heavy atom. The first kappa shape index (κ1) is 24.2. The van der Waals surface area contributed by atoms with Crippen LogP contribution in [0.5, 0.6) is 0 Å². The van der Waals surface area contributed by atoms with Gasteiger partial charge in [0.05, 0.1) is 6.07 Å². The lowest BCUT2D eigenvalue weighted by Gasteiger charge is -2.47. The first-order valence-electron chi connectivity index (χ1n) is 12.9. The van der Waals surface area contributed by atoms with Gasteiger partial charge in [0.25, 0.3) is 0 Å². The highest BCUT2D eigenvalue weighted by Gasteiger charge is 2.62. The number of carbonyl (C=O) groups is 1. The third kappa shape index (κ3) is 4.39. The second-order valence-electron chi connectivity index (χ2n) is 9.94. The minimum absolute atomic E-state index is 0.0196. The molecule has 1 amide bonds. The number of carbonyl (C=O) groups excluding carboxylic acids is 1. The van der Waals surface area contributed by atoms with Gasteiger partial charge in [-0.2, -0.15) is 5.26 Å². The molecule has 0 aromatic carbocycles. The summed E-state index contributed by atoms with van der Waals surface area (Å²) in [5.74, 6) is 2.20. The molecule has 7 nitrogen and oxygen atoms in total. The highest BCUT2D eigenvalue weighted by atomic mass is 28.4. The van der Waals surface area contributed by atoms with E-state index >= 15 is 0 Å². The van der Waals surface area contributed by atoms with Gasteiger partial charge < -0.3 is 23.9 Å². The second kappa shape index (κ2) is 10.5. The minimum atomic E-state index is -2.57. The van der Waals surface area contributed by atoms with Crippen molar-refractivity contribution in [2.24, 2.45) is 35.5 Å². The van der Waals surface area contributed by atoms with Crippen LogP contribution in [0.3, 0.4) is 0 Å². The summed E-state index contributed by atoms with van der Waals surface area (Å²) in [6.45, 7) is 8.84. The quantitative estimate of drug-likeness (QED) is 0.361. The number of hydrogen-bond acceptors (Lipinski definition) is 6. The Labute approximate surface area is 194 Å². The van der Waals surface area contributed by atoms with Gasteiger partial charge in [-0.1, -0.05) is 6.42 Å². The minimum Gasteiger partial charge on any atom is -0.374 e. The summed E-state index contributed by atoms with van der Waals surface area (Å²) in [7, 11) is -2.57. The van der Waals surface area contributed by atoms with Crippen molar-refractivity contribution in [2.45, 2.75) is 77.4 Å². The summed E-state index contributed by atoms with van der Waals surface area (Å²) < 4.78 is 18.0. The van der Waals surface area contributed by atoms with E-state index in [4.69, 9.17) is 13.3 Å². The molecule has 0 bridgehead atoms. The van der Waals surface area contributed by atoms with Crippen molar-refractivity contribution in [1.29, 1.82) is 5.26 Å². The van der Waals surface area contributed by atoms with Crippen LogP contribution in [0.15, 0.2) is 0 Å². The monoisotopic (exact) mass is 463 g/mol. The maximum absolute atomic E-state index is 12.3. The van der Waals surface area contributed by atoms with E-state index in [1.807, 2.05) is 20.8 Å². The zero-order valence-corrected chi connectivity index (χ0v) is 21.0. The fourth-order valence-electron chi connectivity index (χ4n) is 7.67. The Morgan fingerprint density at radius 2 is 1.69 bits per heavy atom. The number of nitrogens with zero attached hydrogens (tertiary/aromatic N) is 1. The predicted octanol–water partition coefficient (Wildman–Crippen LogP) is 3.09. The van der Waals surface area contributed by atoms with E-state index in [9.17, 15) is 10.1 Å². The molecule has 0 radical (unpaired) electrons. The topological polar surface area (TPSA) is 92.6 Å². The summed E-state index contributed by atoms with van der Waals surface area (Å²) in [6, 6.07) is 3.96. The van der Waals surface area contributed by atoms with E-state index in [0.717, 1.165) is 31.9 Å². The van der Waals surface area contributed by atoms with Gasteiger partial charge >= 0.3 is 8.80 Å². The molecule has 8 unspecified atom stereocenters. The zero-order valence-electron chi connectivity index (χ0n) is 20.0. The van der Waals surface area contributed by atoms with E-state index in [1.165, 1.54) is 19.3 Å². The molecule has 180 valence electrons. The van der Waals surface area contributed by atoms with Crippen LogP contribution in [-0.2, 0) is 18.1 Å². The maximum atomic E-state index is 12.3. The molecular formula is C24H41N3O4Si. The highest BCUT2D eigenvalue weighted by molar-refractivity contribution is 6.60. The third-order valence-corrected chi connectivity index (χ3v) is 11.7. The van der Waals surface area contributed by atoms with Crippen LogP contribution < -0.4 is 10.6 Å². The lowest BCUT2D eigenvalue weighted by molar-refractivity contribution is -0.122. The summed E-state index contributed by atoms with van der Waals surface area (Å²) in [6.07, 6.45) is 7.00. The molecule has 4 aliphatic rings. The first-order valence-corrected chi connectivity index (χ1v) is 14.9. The van der Waals surface area contributed by atoms with Gasteiger partial charge in [0.15, 0.2) is 0 Å². The Kier molecular flexibility index (Phi) is 7.94. The van der Waals surface area contributed by atoms with Crippen LogP contribution in [0, 0.1) is 46.8 Å². The van der Waals surface area contributed by atoms with E-state index in [1.54, 1.807) is 0 Å². The Bertz CT molecular complexity index is 684. The average Bonchev–Trinajstić information content (AvgIpc) is 3.27. The van der Waals surface area contributed by atoms with Crippen molar-refractivity contribution < 1.29 is 18.1 Å². The smallest absolute Gasteiger partial charge is 0.374 e. The number of rotatable bonds is 11.